The van der Waals surface area contributed by atoms with E-state index in [-0.39, 0.29) is 12.5 Å². The van der Waals surface area contributed by atoms with Crippen molar-refractivity contribution >= 4 is 33.8 Å². The van der Waals surface area contributed by atoms with E-state index in [4.69, 9.17) is 9.47 Å². The standard InChI is InChI=1S/C24H25BrN4O5/c25-18-3-1-17(2-4-18)24(22(31)26-23(32)27-24)15-29-14-16-13-19(5-6-20(16)21(29)30)34-12-9-28-7-10-33-11-8-28/h1-6,13H,7-12,14-15H2,(H2,26,27,31,32). The molecule has 0 radical (unpaired) electrons. The van der Waals surface area contributed by atoms with Gasteiger partial charge in [0.05, 0.1) is 19.8 Å². The van der Waals surface area contributed by atoms with Gasteiger partial charge in [-0.25, -0.2) is 4.79 Å². The summed E-state index contributed by atoms with van der Waals surface area (Å²) in [4.78, 5) is 42.0. The first-order valence-electron chi connectivity index (χ1n) is 11.2. The van der Waals surface area contributed by atoms with Gasteiger partial charge in [0, 0.05) is 36.2 Å². The van der Waals surface area contributed by atoms with Crippen LogP contribution in [-0.4, -0.2) is 73.6 Å². The van der Waals surface area contributed by atoms with Crippen molar-refractivity contribution in [3.05, 3.63) is 63.6 Å². The minimum atomic E-state index is -1.35. The Hall–Kier alpha value is -2.95. The predicted molar refractivity (Wildman–Crippen MR) is 126 cm³/mol. The fraction of sp³-hybridized carbons (Fsp3) is 0.375. The van der Waals surface area contributed by atoms with Gasteiger partial charge in [0.25, 0.3) is 11.8 Å². The molecular weight excluding hydrogens is 504 g/mol. The first-order valence-corrected chi connectivity index (χ1v) is 12.0. The van der Waals surface area contributed by atoms with Crippen LogP contribution in [0.5, 0.6) is 5.75 Å². The lowest BCUT2D eigenvalue weighted by Crippen LogP contribution is -2.52. The van der Waals surface area contributed by atoms with Crippen molar-refractivity contribution in [3.63, 3.8) is 0 Å². The zero-order valence-corrected chi connectivity index (χ0v) is 20.1. The lowest BCUT2D eigenvalue weighted by molar-refractivity contribution is -0.124. The van der Waals surface area contributed by atoms with Gasteiger partial charge >= 0.3 is 6.03 Å². The summed E-state index contributed by atoms with van der Waals surface area (Å²) in [5.74, 6) is 0.0483. The topological polar surface area (TPSA) is 100 Å². The van der Waals surface area contributed by atoms with Gasteiger partial charge in [0.1, 0.15) is 12.4 Å². The van der Waals surface area contributed by atoms with Crippen molar-refractivity contribution in [1.82, 2.24) is 20.4 Å². The van der Waals surface area contributed by atoms with E-state index in [9.17, 15) is 14.4 Å². The van der Waals surface area contributed by atoms with Crippen molar-refractivity contribution in [1.29, 1.82) is 0 Å². The zero-order valence-electron chi connectivity index (χ0n) is 18.5. The predicted octanol–water partition coefficient (Wildman–Crippen LogP) is 1.85. The molecule has 2 N–H and O–H groups in total. The highest BCUT2D eigenvalue weighted by Gasteiger charge is 2.50. The van der Waals surface area contributed by atoms with E-state index in [2.05, 4.69) is 31.5 Å². The molecule has 0 spiro atoms. The first kappa shape index (κ1) is 22.8. The monoisotopic (exact) mass is 528 g/mol. The largest absolute Gasteiger partial charge is 0.492 e. The number of fused-ring (bicyclic) bond motifs is 1. The normalized spacial score (nSPS) is 22.5. The highest BCUT2D eigenvalue weighted by molar-refractivity contribution is 9.10. The number of benzene rings is 2. The number of carbonyl (C=O) groups is 3. The average Bonchev–Trinajstić information content (AvgIpc) is 3.30. The number of urea groups is 1. The number of amides is 4. The fourth-order valence-corrected chi connectivity index (χ4v) is 4.87. The molecule has 0 bridgehead atoms. The molecule has 5 rings (SSSR count). The van der Waals surface area contributed by atoms with Crippen LogP contribution in [0.4, 0.5) is 4.79 Å². The van der Waals surface area contributed by atoms with Crippen LogP contribution < -0.4 is 15.4 Å². The van der Waals surface area contributed by atoms with Crippen molar-refractivity contribution in [2.75, 3.05) is 46.0 Å². The summed E-state index contributed by atoms with van der Waals surface area (Å²) in [6.45, 7) is 5.02. The summed E-state index contributed by atoms with van der Waals surface area (Å²) in [5, 5.41) is 5.07. The molecular formula is C24H25BrN4O5. The number of rotatable bonds is 7. The number of imide groups is 1. The second-order valence-electron chi connectivity index (χ2n) is 8.60. The molecule has 34 heavy (non-hydrogen) atoms. The Morgan fingerprint density at radius 2 is 1.82 bits per heavy atom. The third kappa shape index (κ3) is 4.40. The Bertz CT molecular complexity index is 1120. The van der Waals surface area contributed by atoms with Gasteiger partial charge in [-0.3, -0.25) is 19.8 Å². The highest BCUT2D eigenvalue weighted by Crippen LogP contribution is 2.33. The molecule has 10 heteroatoms. The number of morpholine rings is 1. The summed E-state index contributed by atoms with van der Waals surface area (Å²) in [7, 11) is 0. The van der Waals surface area contributed by atoms with Crippen LogP contribution in [0.3, 0.4) is 0 Å². The van der Waals surface area contributed by atoms with Gasteiger partial charge in [-0.1, -0.05) is 28.1 Å². The van der Waals surface area contributed by atoms with Gasteiger partial charge in [-0.15, -0.1) is 0 Å². The third-order valence-electron chi connectivity index (χ3n) is 6.44. The second-order valence-corrected chi connectivity index (χ2v) is 9.52. The number of carbonyl (C=O) groups excluding carboxylic acids is 3. The summed E-state index contributed by atoms with van der Waals surface area (Å²) in [6.07, 6.45) is 0. The molecule has 1 unspecified atom stereocenters. The maximum atomic E-state index is 13.1. The number of nitrogens with one attached hydrogen (secondary N) is 2. The Balaban J connectivity index is 1.30. The summed E-state index contributed by atoms with van der Waals surface area (Å²) < 4.78 is 12.1. The second kappa shape index (κ2) is 9.36. The van der Waals surface area contributed by atoms with Crippen molar-refractivity contribution in [3.8, 4) is 5.75 Å². The quantitative estimate of drug-likeness (QED) is 0.532. The molecule has 0 saturated carbocycles. The maximum absolute atomic E-state index is 13.1. The van der Waals surface area contributed by atoms with Crippen LogP contribution in [-0.2, 0) is 21.6 Å². The van der Waals surface area contributed by atoms with Crippen LogP contribution in [0, 0.1) is 0 Å². The minimum Gasteiger partial charge on any atom is -0.492 e. The Kier molecular flexibility index (Phi) is 6.28. The van der Waals surface area contributed by atoms with Gasteiger partial charge in [0.2, 0.25) is 0 Å². The highest BCUT2D eigenvalue weighted by atomic mass is 79.9. The van der Waals surface area contributed by atoms with E-state index in [0.29, 0.717) is 30.0 Å². The molecule has 3 aliphatic rings. The van der Waals surface area contributed by atoms with Gasteiger partial charge in [-0.2, -0.15) is 0 Å². The molecule has 2 fully saturated rings. The molecule has 178 valence electrons. The molecule has 3 aliphatic heterocycles. The first-order chi connectivity index (χ1) is 16.4. The lowest BCUT2D eigenvalue weighted by atomic mass is 9.89. The van der Waals surface area contributed by atoms with E-state index >= 15 is 0 Å². The van der Waals surface area contributed by atoms with Crippen molar-refractivity contribution < 1.29 is 23.9 Å². The third-order valence-corrected chi connectivity index (χ3v) is 6.97. The van der Waals surface area contributed by atoms with E-state index in [0.717, 1.165) is 42.9 Å². The fourth-order valence-electron chi connectivity index (χ4n) is 4.61. The minimum absolute atomic E-state index is 0.0208. The van der Waals surface area contributed by atoms with Crippen molar-refractivity contribution in [2.45, 2.75) is 12.1 Å². The molecule has 0 aromatic heterocycles. The van der Waals surface area contributed by atoms with Crippen molar-refractivity contribution in [2.24, 2.45) is 0 Å². The molecule has 2 aromatic rings. The lowest BCUT2D eigenvalue weighted by Gasteiger charge is -2.31. The Morgan fingerprint density at radius 3 is 2.53 bits per heavy atom. The SMILES string of the molecule is O=C1NC(=O)C(CN2Cc3cc(OCCN4CCOCC4)ccc3C2=O)(c2ccc(Br)cc2)N1. The van der Waals surface area contributed by atoms with Crippen LogP contribution in [0.15, 0.2) is 46.9 Å². The summed E-state index contributed by atoms with van der Waals surface area (Å²) in [6, 6.07) is 12.0. The molecule has 2 saturated heterocycles. The molecule has 1 atom stereocenters. The van der Waals surface area contributed by atoms with Gasteiger partial charge < -0.3 is 19.7 Å². The molecule has 3 heterocycles. The van der Waals surface area contributed by atoms with Crippen LogP contribution in [0.25, 0.3) is 0 Å². The van der Waals surface area contributed by atoms with E-state index in [1.54, 1.807) is 41.3 Å². The zero-order chi connectivity index (χ0) is 23.7. The number of ether oxygens (including phenoxy) is 2. The number of halogens is 1. The summed E-state index contributed by atoms with van der Waals surface area (Å²) >= 11 is 3.39. The summed E-state index contributed by atoms with van der Waals surface area (Å²) in [5.41, 5.74) is 0.670. The van der Waals surface area contributed by atoms with Gasteiger partial charge in [-0.05, 0) is 41.5 Å². The van der Waals surface area contributed by atoms with E-state index in [1.807, 2.05) is 6.07 Å². The molecule has 0 aliphatic carbocycles. The smallest absolute Gasteiger partial charge is 0.322 e. The Morgan fingerprint density at radius 1 is 1.06 bits per heavy atom. The number of hydrogen-bond acceptors (Lipinski definition) is 6. The average molecular weight is 529 g/mol. The molecule has 9 nitrogen and oxygen atoms in total. The van der Waals surface area contributed by atoms with Crippen LogP contribution in [0.1, 0.15) is 21.5 Å². The van der Waals surface area contributed by atoms with E-state index in [1.165, 1.54) is 0 Å². The maximum Gasteiger partial charge on any atom is 0.322 e. The number of nitrogens with zero attached hydrogens (tertiary/aromatic N) is 2. The van der Waals surface area contributed by atoms with Crippen LogP contribution >= 0.6 is 15.9 Å². The molecule has 4 amide bonds. The van der Waals surface area contributed by atoms with E-state index < -0.39 is 17.5 Å². The molecule has 2 aromatic carbocycles. The number of hydrogen-bond donors (Lipinski definition) is 2. The Labute approximate surface area is 205 Å². The van der Waals surface area contributed by atoms with Crippen LogP contribution in [0.2, 0.25) is 0 Å². The van der Waals surface area contributed by atoms with Gasteiger partial charge in [0.15, 0.2) is 5.54 Å².